The third kappa shape index (κ3) is 1.97. The van der Waals surface area contributed by atoms with E-state index in [-0.39, 0.29) is 0 Å². The SMILES string of the molecule is CO[C@H]1O[C@H](CO)[C@H](O)[C@H](F)[C@H]1O. The van der Waals surface area contributed by atoms with Crippen LogP contribution in [-0.2, 0) is 9.47 Å². The molecule has 6 heteroatoms. The lowest BCUT2D eigenvalue weighted by atomic mass is 10.0. The summed E-state index contributed by atoms with van der Waals surface area (Å²) in [5.41, 5.74) is 0. The molecule has 0 saturated carbocycles. The van der Waals surface area contributed by atoms with Crippen molar-refractivity contribution < 1.29 is 29.2 Å². The summed E-state index contributed by atoms with van der Waals surface area (Å²) in [6, 6.07) is 0. The van der Waals surface area contributed by atoms with Crippen LogP contribution in [0.4, 0.5) is 4.39 Å². The smallest absolute Gasteiger partial charge is 0.186 e. The van der Waals surface area contributed by atoms with Crippen molar-refractivity contribution in [3.8, 4) is 0 Å². The molecule has 1 fully saturated rings. The number of ether oxygens (including phenoxy) is 2. The maximum Gasteiger partial charge on any atom is 0.186 e. The minimum atomic E-state index is -1.86. The van der Waals surface area contributed by atoms with Gasteiger partial charge in [-0.05, 0) is 0 Å². The van der Waals surface area contributed by atoms with Gasteiger partial charge in [0.1, 0.15) is 18.3 Å². The van der Waals surface area contributed by atoms with Crippen LogP contribution < -0.4 is 0 Å². The topological polar surface area (TPSA) is 79.2 Å². The van der Waals surface area contributed by atoms with E-state index in [9.17, 15) is 4.39 Å². The second-order valence-corrected chi connectivity index (χ2v) is 2.89. The van der Waals surface area contributed by atoms with Crippen molar-refractivity contribution in [3.63, 3.8) is 0 Å². The zero-order valence-electron chi connectivity index (χ0n) is 7.13. The Kier molecular flexibility index (Phi) is 3.57. The summed E-state index contributed by atoms with van der Waals surface area (Å²) in [6.07, 6.45) is -7.11. The van der Waals surface area contributed by atoms with Crippen LogP contribution in [0.2, 0.25) is 0 Å². The molecule has 78 valence electrons. The van der Waals surface area contributed by atoms with E-state index in [1.54, 1.807) is 0 Å². The zero-order chi connectivity index (χ0) is 10.0. The Bertz CT molecular complexity index is 147. The van der Waals surface area contributed by atoms with Gasteiger partial charge in [0.25, 0.3) is 0 Å². The van der Waals surface area contributed by atoms with E-state index in [0.717, 1.165) is 0 Å². The van der Waals surface area contributed by atoms with Crippen LogP contribution in [0.3, 0.4) is 0 Å². The summed E-state index contributed by atoms with van der Waals surface area (Å²) < 4.78 is 22.6. The van der Waals surface area contributed by atoms with Crippen LogP contribution in [0.25, 0.3) is 0 Å². The summed E-state index contributed by atoms with van der Waals surface area (Å²) in [5, 5.41) is 27.0. The largest absolute Gasteiger partial charge is 0.394 e. The normalized spacial score (nSPS) is 46.4. The standard InChI is InChI=1S/C7H13FO5/c1-12-7-6(11)4(8)5(10)3(2-9)13-7/h3-7,9-11H,2H2,1H3/t3-,4+,5+,6-,7+/m1/s1. The molecule has 0 aliphatic carbocycles. The third-order valence-corrected chi connectivity index (χ3v) is 2.03. The zero-order valence-corrected chi connectivity index (χ0v) is 7.13. The number of aliphatic hydroxyl groups is 3. The minimum absolute atomic E-state index is 0.520. The number of hydrogen-bond donors (Lipinski definition) is 3. The summed E-state index contributed by atoms with van der Waals surface area (Å²) >= 11 is 0. The molecule has 1 aliphatic heterocycles. The lowest BCUT2D eigenvalue weighted by Crippen LogP contribution is -2.57. The highest BCUT2D eigenvalue weighted by Gasteiger charge is 2.44. The highest BCUT2D eigenvalue weighted by molar-refractivity contribution is 4.88. The molecule has 0 amide bonds. The number of rotatable bonds is 2. The quantitative estimate of drug-likeness (QED) is 0.496. The molecule has 0 unspecified atom stereocenters. The fourth-order valence-corrected chi connectivity index (χ4v) is 1.24. The maximum absolute atomic E-state index is 13.1. The van der Waals surface area contributed by atoms with Crippen molar-refractivity contribution in [1.82, 2.24) is 0 Å². The third-order valence-electron chi connectivity index (χ3n) is 2.03. The van der Waals surface area contributed by atoms with Crippen molar-refractivity contribution in [2.45, 2.75) is 30.8 Å². The van der Waals surface area contributed by atoms with Gasteiger partial charge in [-0.25, -0.2) is 4.39 Å². The molecule has 1 rings (SSSR count). The fourth-order valence-electron chi connectivity index (χ4n) is 1.24. The van der Waals surface area contributed by atoms with E-state index in [1.165, 1.54) is 7.11 Å². The average Bonchev–Trinajstić information content (AvgIpc) is 2.15. The molecule has 5 nitrogen and oxygen atoms in total. The molecular formula is C7H13FO5. The molecule has 0 spiro atoms. The molecule has 3 N–H and O–H groups in total. The second kappa shape index (κ2) is 4.30. The van der Waals surface area contributed by atoms with Crippen LogP contribution >= 0.6 is 0 Å². The van der Waals surface area contributed by atoms with E-state index in [4.69, 9.17) is 20.1 Å². The first-order chi connectivity index (χ1) is 6.11. The van der Waals surface area contributed by atoms with Crippen LogP contribution in [0, 0.1) is 0 Å². The van der Waals surface area contributed by atoms with E-state index in [2.05, 4.69) is 4.74 Å². The molecule has 1 saturated heterocycles. The molecule has 13 heavy (non-hydrogen) atoms. The molecule has 0 aromatic rings. The van der Waals surface area contributed by atoms with Crippen molar-refractivity contribution in [2.24, 2.45) is 0 Å². The van der Waals surface area contributed by atoms with Gasteiger partial charge >= 0.3 is 0 Å². The first kappa shape index (κ1) is 10.8. The molecule has 1 heterocycles. The van der Waals surface area contributed by atoms with E-state index >= 15 is 0 Å². The van der Waals surface area contributed by atoms with Gasteiger partial charge in [0.05, 0.1) is 6.61 Å². The maximum atomic E-state index is 13.1. The van der Waals surface area contributed by atoms with Gasteiger partial charge in [-0.1, -0.05) is 0 Å². The Morgan fingerprint density at radius 1 is 1.38 bits per heavy atom. The lowest BCUT2D eigenvalue weighted by Gasteiger charge is -2.37. The van der Waals surface area contributed by atoms with Gasteiger partial charge in [-0.15, -0.1) is 0 Å². The molecule has 0 aromatic heterocycles. The Labute approximate surface area is 74.7 Å². The van der Waals surface area contributed by atoms with E-state index < -0.39 is 37.4 Å². The van der Waals surface area contributed by atoms with Crippen LogP contribution in [0.15, 0.2) is 0 Å². The predicted molar refractivity (Wildman–Crippen MR) is 39.7 cm³/mol. The first-order valence-electron chi connectivity index (χ1n) is 3.91. The second-order valence-electron chi connectivity index (χ2n) is 2.89. The monoisotopic (exact) mass is 196 g/mol. The number of methoxy groups -OCH3 is 1. The predicted octanol–water partition coefficient (Wildman–Crippen LogP) is -1.59. The number of alkyl halides is 1. The van der Waals surface area contributed by atoms with Crippen molar-refractivity contribution in [1.29, 1.82) is 0 Å². The molecule has 0 aromatic carbocycles. The van der Waals surface area contributed by atoms with Gasteiger partial charge in [-0.3, -0.25) is 0 Å². The van der Waals surface area contributed by atoms with Crippen LogP contribution in [0.5, 0.6) is 0 Å². The van der Waals surface area contributed by atoms with Gasteiger partial charge in [0.2, 0.25) is 0 Å². The van der Waals surface area contributed by atoms with Gasteiger partial charge in [-0.2, -0.15) is 0 Å². The number of hydrogen-bond acceptors (Lipinski definition) is 5. The fraction of sp³-hybridized carbons (Fsp3) is 1.00. The summed E-state index contributed by atoms with van der Waals surface area (Å²) in [4.78, 5) is 0. The lowest BCUT2D eigenvalue weighted by molar-refractivity contribution is -0.283. The Morgan fingerprint density at radius 2 is 2.00 bits per heavy atom. The molecule has 5 atom stereocenters. The summed E-state index contributed by atoms with van der Waals surface area (Å²) in [7, 11) is 1.24. The molecule has 0 bridgehead atoms. The summed E-state index contributed by atoms with van der Waals surface area (Å²) in [5.74, 6) is 0. The van der Waals surface area contributed by atoms with Gasteiger partial charge in [0, 0.05) is 7.11 Å². The van der Waals surface area contributed by atoms with Gasteiger partial charge < -0.3 is 24.8 Å². The highest BCUT2D eigenvalue weighted by atomic mass is 19.1. The van der Waals surface area contributed by atoms with E-state index in [1.807, 2.05) is 0 Å². The van der Waals surface area contributed by atoms with Crippen molar-refractivity contribution in [2.75, 3.05) is 13.7 Å². The van der Waals surface area contributed by atoms with Crippen LogP contribution in [-0.4, -0.2) is 59.8 Å². The Morgan fingerprint density at radius 3 is 2.46 bits per heavy atom. The Balaban J connectivity index is 2.66. The first-order valence-corrected chi connectivity index (χ1v) is 3.91. The minimum Gasteiger partial charge on any atom is -0.394 e. The summed E-state index contributed by atoms with van der Waals surface area (Å²) in [6.45, 7) is -0.520. The van der Waals surface area contributed by atoms with Crippen molar-refractivity contribution in [3.05, 3.63) is 0 Å². The Hall–Kier alpha value is -0.270. The van der Waals surface area contributed by atoms with Gasteiger partial charge in [0.15, 0.2) is 12.5 Å². The number of halogens is 1. The molecule has 1 aliphatic rings. The van der Waals surface area contributed by atoms with E-state index in [0.29, 0.717) is 0 Å². The number of aliphatic hydroxyl groups excluding tert-OH is 3. The molecule has 0 radical (unpaired) electrons. The average molecular weight is 196 g/mol. The van der Waals surface area contributed by atoms with Crippen LogP contribution in [0.1, 0.15) is 0 Å². The highest BCUT2D eigenvalue weighted by Crippen LogP contribution is 2.23. The van der Waals surface area contributed by atoms with Crippen molar-refractivity contribution >= 4 is 0 Å². The molecular weight excluding hydrogens is 183 g/mol.